The zero-order valence-corrected chi connectivity index (χ0v) is 7.32. The molecular weight excluding hydrogens is 174 g/mol. The van der Waals surface area contributed by atoms with Gasteiger partial charge in [0, 0.05) is 5.38 Å². The Kier molecular flexibility index (Phi) is 1.83. The van der Waals surface area contributed by atoms with E-state index in [1.54, 1.807) is 22.3 Å². The number of rotatable bonds is 2. The second kappa shape index (κ2) is 2.98. The lowest BCUT2D eigenvalue weighted by atomic mass is 10.5. The average molecular weight is 181 g/mol. The van der Waals surface area contributed by atoms with Gasteiger partial charge in [0.2, 0.25) is 0 Å². The lowest BCUT2D eigenvalue weighted by Gasteiger charge is -1.92. The highest BCUT2D eigenvalue weighted by Gasteiger charge is 1.99. The van der Waals surface area contributed by atoms with E-state index in [4.69, 9.17) is 0 Å². The first kappa shape index (κ1) is 7.35. The van der Waals surface area contributed by atoms with Crippen molar-refractivity contribution in [2.45, 2.75) is 13.5 Å². The monoisotopic (exact) mass is 181 g/mol. The Hall–Kier alpha value is -1.30. The molecule has 0 aliphatic rings. The molecule has 0 N–H and O–H groups in total. The van der Waals surface area contributed by atoms with Crippen LogP contribution in [0.1, 0.15) is 10.7 Å². The summed E-state index contributed by atoms with van der Waals surface area (Å²) >= 11 is 1.63. The van der Waals surface area contributed by atoms with Crippen molar-refractivity contribution in [2.75, 3.05) is 0 Å². The number of aromatic nitrogens is 5. The van der Waals surface area contributed by atoms with Crippen molar-refractivity contribution in [2.24, 2.45) is 0 Å². The molecule has 0 saturated heterocycles. The van der Waals surface area contributed by atoms with Crippen LogP contribution in [0.4, 0.5) is 0 Å². The zero-order chi connectivity index (χ0) is 8.39. The van der Waals surface area contributed by atoms with Crippen LogP contribution >= 0.6 is 11.3 Å². The summed E-state index contributed by atoms with van der Waals surface area (Å²) in [5.74, 6) is 0. The van der Waals surface area contributed by atoms with Gasteiger partial charge in [-0.15, -0.1) is 16.4 Å². The molecule has 0 amide bonds. The lowest BCUT2D eigenvalue weighted by Crippen LogP contribution is -2.00. The van der Waals surface area contributed by atoms with Gasteiger partial charge in [0.1, 0.15) is 6.33 Å². The van der Waals surface area contributed by atoms with Crippen molar-refractivity contribution in [3.63, 3.8) is 0 Å². The molecule has 62 valence electrons. The van der Waals surface area contributed by atoms with Gasteiger partial charge in [-0.25, -0.2) is 9.67 Å². The number of thiazole rings is 1. The molecule has 5 nitrogen and oxygen atoms in total. The van der Waals surface area contributed by atoms with Gasteiger partial charge in [0.25, 0.3) is 0 Å². The maximum atomic E-state index is 4.29. The first-order valence-corrected chi connectivity index (χ1v) is 4.34. The molecule has 0 unspecified atom stereocenters. The summed E-state index contributed by atoms with van der Waals surface area (Å²) in [6.07, 6.45) is 1.58. The smallest absolute Gasteiger partial charge is 0.138 e. The Balaban J connectivity index is 2.14. The van der Waals surface area contributed by atoms with Crippen molar-refractivity contribution in [1.82, 2.24) is 25.2 Å². The number of nitrogens with zero attached hydrogens (tertiary/aromatic N) is 5. The van der Waals surface area contributed by atoms with Crippen LogP contribution in [0.2, 0.25) is 0 Å². The van der Waals surface area contributed by atoms with Gasteiger partial charge in [-0.3, -0.25) is 0 Å². The molecule has 2 aromatic rings. The van der Waals surface area contributed by atoms with Gasteiger partial charge in [-0.05, 0) is 17.4 Å². The molecule has 12 heavy (non-hydrogen) atoms. The van der Waals surface area contributed by atoms with E-state index in [1.807, 2.05) is 12.3 Å². The third-order valence-corrected chi connectivity index (χ3v) is 2.20. The normalized spacial score (nSPS) is 10.4. The fourth-order valence-corrected chi connectivity index (χ4v) is 1.50. The van der Waals surface area contributed by atoms with E-state index in [2.05, 4.69) is 20.5 Å². The first-order valence-electron chi connectivity index (χ1n) is 3.46. The van der Waals surface area contributed by atoms with Gasteiger partial charge < -0.3 is 0 Å². The van der Waals surface area contributed by atoms with Crippen molar-refractivity contribution >= 4 is 11.3 Å². The molecule has 0 atom stereocenters. The van der Waals surface area contributed by atoms with Crippen LogP contribution in [-0.4, -0.2) is 25.2 Å². The van der Waals surface area contributed by atoms with Crippen molar-refractivity contribution in [3.8, 4) is 0 Å². The second-order valence-corrected chi connectivity index (χ2v) is 3.43. The minimum Gasteiger partial charge on any atom is -0.245 e. The topological polar surface area (TPSA) is 56.5 Å². The largest absolute Gasteiger partial charge is 0.245 e. The molecule has 0 aromatic carbocycles. The first-order chi connectivity index (χ1) is 5.84. The summed E-state index contributed by atoms with van der Waals surface area (Å²) in [6.45, 7) is 2.63. The van der Waals surface area contributed by atoms with Crippen LogP contribution in [0.25, 0.3) is 0 Å². The van der Waals surface area contributed by atoms with E-state index < -0.39 is 0 Å². The maximum absolute atomic E-state index is 4.29. The van der Waals surface area contributed by atoms with E-state index >= 15 is 0 Å². The summed E-state index contributed by atoms with van der Waals surface area (Å²) in [4.78, 5) is 4.29. The average Bonchev–Trinajstić information content (AvgIpc) is 2.63. The molecule has 2 heterocycles. The van der Waals surface area contributed by atoms with E-state index in [0.717, 1.165) is 10.7 Å². The lowest BCUT2D eigenvalue weighted by molar-refractivity contribution is 0.639. The second-order valence-electron chi connectivity index (χ2n) is 2.37. The minimum absolute atomic E-state index is 0.650. The van der Waals surface area contributed by atoms with Crippen LogP contribution in [0.15, 0.2) is 11.7 Å². The molecular formula is C6H7N5S. The highest BCUT2D eigenvalue weighted by atomic mass is 32.1. The maximum Gasteiger partial charge on any atom is 0.138 e. The highest BCUT2D eigenvalue weighted by Crippen LogP contribution is 2.08. The van der Waals surface area contributed by atoms with E-state index in [0.29, 0.717) is 6.54 Å². The Bertz CT molecular complexity index is 352. The summed E-state index contributed by atoms with van der Waals surface area (Å²) in [6, 6.07) is 0. The number of hydrogen-bond acceptors (Lipinski definition) is 5. The number of aryl methyl sites for hydroxylation is 1. The van der Waals surface area contributed by atoms with Crippen LogP contribution < -0.4 is 0 Å². The van der Waals surface area contributed by atoms with E-state index in [9.17, 15) is 0 Å². The van der Waals surface area contributed by atoms with Crippen molar-refractivity contribution in [3.05, 3.63) is 22.4 Å². The Morgan fingerprint density at radius 3 is 3.08 bits per heavy atom. The molecule has 0 saturated carbocycles. The quantitative estimate of drug-likeness (QED) is 0.676. The third kappa shape index (κ3) is 1.48. The van der Waals surface area contributed by atoms with Gasteiger partial charge >= 0.3 is 0 Å². The highest BCUT2D eigenvalue weighted by molar-refractivity contribution is 7.09. The number of tetrazole rings is 1. The van der Waals surface area contributed by atoms with Gasteiger partial charge in [-0.1, -0.05) is 0 Å². The minimum atomic E-state index is 0.650. The van der Waals surface area contributed by atoms with Crippen LogP contribution in [0, 0.1) is 6.92 Å². The van der Waals surface area contributed by atoms with E-state index in [1.165, 1.54) is 0 Å². The molecule has 2 aromatic heterocycles. The van der Waals surface area contributed by atoms with Crippen molar-refractivity contribution in [1.29, 1.82) is 0 Å². The molecule has 0 aliphatic heterocycles. The van der Waals surface area contributed by atoms with Crippen LogP contribution in [0.5, 0.6) is 0 Å². The van der Waals surface area contributed by atoms with Crippen LogP contribution in [0.3, 0.4) is 0 Å². The molecule has 0 spiro atoms. The molecule has 0 fully saturated rings. The summed E-state index contributed by atoms with van der Waals surface area (Å²) < 4.78 is 1.65. The molecule has 0 bridgehead atoms. The standard InChI is InChI=1S/C6H7N5S/c1-5-8-6(3-12-5)2-11-4-7-9-10-11/h3-4H,2H2,1H3. The summed E-state index contributed by atoms with van der Waals surface area (Å²) in [7, 11) is 0. The predicted molar refractivity (Wildman–Crippen MR) is 43.8 cm³/mol. The Morgan fingerprint density at radius 1 is 1.58 bits per heavy atom. The fourth-order valence-electron chi connectivity index (χ4n) is 0.900. The third-order valence-electron chi connectivity index (χ3n) is 1.38. The Labute approximate surface area is 73.1 Å². The summed E-state index contributed by atoms with van der Waals surface area (Å²) in [5, 5.41) is 13.9. The van der Waals surface area contributed by atoms with Gasteiger partial charge in [-0.2, -0.15) is 0 Å². The molecule has 0 aliphatic carbocycles. The zero-order valence-electron chi connectivity index (χ0n) is 6.51. The predicted octanol–water partition coefficient (Wildman–Crippen LogP) is 0.486. The summed E-state index contributed by atoms with van der Waals surface area (Å²) in [5.41, 5.74) is 1.00. The van der Waals surface area contributed by atoms with Gasteiger partial charge in [0.15, 0.2) is 0 Å². The van der Waals surface area contributed by atoms with E-state index in [-0.39, 0.29) is 0 Å². The SMILES string of the molecule is Cc1nc(Cn2cnnn2)cs1. The fraction of sp³-hybridized carbons (Fsp3) is 0.333. The molecule has 6 heteroatoms. The number of hydrogen-bond donors (Lipinski definition) is 0. The Morgan fingerprint density at radius 2 is 2.50 bits per heavy atom. The molecule has 2 rings (SSSR count). The van der Waals surface area contributed by atoms with Crippen molar-refractivity contribution < 1.29 is 0 Å². The van der Waals surface area contributed by atoms with Gasteiger partial charge in [0.05, 0.1) is 17.2 Å². The van der Waals surface area contributed by atoms with Crippen LogP contribution in [-0.2, 0) is 6.54 Å². The molecule has 0 radical (unpaired) electrons.